The first-order valence-electron chi connectivity index (χ1n) is 6.23. The number of hydrogen-bond acceptors (Lipinski definition) is 3. The van der Waals surface area contributed by atoms with Crippen molar-refractivity contribution in [3.05, 3.63) is 53.6 Å². The first kappa shape index (κ1) is 14.9. The van der Waals surface area contributed by atoms with Crippen LogP contribution in [0.5, 0.6) is 11.5 Å². The summed E-state index contributed by atoms with van der Waals surface area (Å²) in [5, 5.41) is 18.0. The minimum Gasteiger partial charge on any atom is -0.508 e. The number of anilines is 1. The summed E-state index contributed by atoms with van der Waals surface area (Å²) in [6.07, 6.45) is 0. The number of benzene rings is 2. The molecular weight excluding hydrogens is 238 g/mol. The number of hydrogen-bond donors (Lipinski definition) is 3. The quantitative estimate of drug-likeness (QED) is 0.682. The van der Waals surface area contributed by atoms with Gasteiger partial charge in [0.25, 0.3) is 0 Å². The second-order valence-electron chi connectivity index (χ2n) is 4.85. The lowest BCUT2D eigenvalue weighted by atomic mass is 10.0. The summed E-state index contributed by atoms with van der Waals surface area (Å²) in [4.78, 5) is 0. The summed E-state index contributed by atoms with van der Waals surface area (Å²) in [5.74, 6) is 1.07. The van der Waals surface area contributed by atoms with Gasteiger partial charge in [0, 0.05) is 11.8 Å². The fraction of sp³-hybridized carbons (Fsp3) is 0.250. The van der Waals surface area contributed by atoms with Gasteiger partial charge in [-0.25, -0.2) is 0 Å². The highest BCUT2D eigenvalue weighted by Crippen LogP contribution is 2.21. The molecule has 19 heavy (non-hydrogen) atoms. The standard InChI is InChI=1S/C10H14O.C6H7NO/c1-7(2)9-4-8(3)5-10(11)6-9;7-5-2-1-3-6(8)4-5/h4-7,11H,1-3H3;1-4,8H,7H2. The second-order valence-corrected chi connectivity index (χ2v) is 4.85. The smallest absolute Gasteiger partial charge is 0.117 e. The summed E-state index contributed by atoms with van der Waals surface area (Å²) >= 11 is 0. The third-order valence-corrected chi connectivity index (χ3v) is 2.62. The van der Waals surface area contributed by atoms with Crippen LogP contribution in [0, 0.1) is 6.92 Å². The van der Waals surface area contributed by atoms with Gasteiger partial charge >= 0.3 is 0 Å². The molecule has 0 aromatic heterocycles. The summed E-state index contributed by atoms with van der Waals surface area (Å²) in [6.45, 7) is 6.23. The van der Waals surface area contributed by atoms with E-state index in [1.807, 2.05) is 13.0 Å². The van der Waals surface area contributed by atoms with Gasteiger partial charge in [0.1, 0.15) is 11.5 Å². The molecule has 0 amide bonds. The lowest BCUT2D eigenvalue weighted by Gasteiger charge is -2.06. The number of phenolic OH excluding ortho intramolecular Hbond substituents is 2. The Morgan fingerprint density at radius 1 is 0.947 bits per heavy atom. The van der Waals surface area contributed by atoms with Gasteiger partial charge in [0.15, 0.2) is 0 Å². The summed E-state index contributed by atoms with van der Waals surface area (Å²) < 4.78 is 0. The van der Waals surface area contributed by atoms with Crippen LogP contribution in [0.15, 0.2) is 42.5 Å². The van der Waals surface area contributed by atoms with E-state index in [2.05, 4.69) is 19.9 Å². The molecule has 2 aromatic rings. The number of phenols is 2. The average molecular weight is 259 g/mol. The molecule has 0 saturated carbocycles. The van der Waals surface area contributed by atoms with Crippen molar-refractivity contribution in [2.75, 3.05) is 5.73 Å². The van der Waals surface area contributed by atoms with Crippen molar-refractivity contribution in [1.29, 1.82) is 0 Å². The average Bonchev–Trinajstić information content (AvgIpc) is 2.28. The van der Waals surface area contributed by atoms with Crippen LogP contribution >= 0.6 is 0 Å². The van der Waals surface area contributed by atoms with E-state index in [1.54, 1.807) is 24.3 Å². The maximum Gasteiger partial charge on any atom is 0.117 e. The van der Waals surface area contributed by atoms with E-state index < -0.39 is 0 Å². The molecule has 2 rings (SSSR count). The Hall–Kier alpha value is -2.16. The van der Waals surface area contributed by atoms with Crippen molar-refractivity contribution in [2.24, 2.45) is 0 Å². The lowest BCUT2D eigenvalue weighted by Crippen LogP contribution is -1.87. The minimum absolute atomic E-state index is 0.213. The second kappa shape index (κ2) is 6.69. The van der Waals surface area contributed by atoms with Crippen LogP contribution in [0.3, 0.4) is 0 Å². The van der Waals surface area contributed by atoms with Crippen LogP contribution in [-0.4, -0.2) is 10.2 Å². The van der Waals surface area contributed by atoms with E-state index in [4.69, 9.17) is 10.8 Å². The highest BCUT2D eigenvalue weighted by molar-refractivity contribution is 5.42. The number of aromatic hydroxyl groups is 2. The zero-order valence-corrected chi connectivity index (χ0v) is 11.6. The van der Waals surface area contributed by atoms with E-state index in [1.165, 1.54) is 11.6 Å². The number of aryl methyl sites for hydroxylation is 1. The molecule has 0 unspecified atom stereocenters. The van der Waals surface area contributed by atoms with Crippen LogP contribution in [0.25, 0.3) is 0 Å². The first-order chi connectivity index (χ1) is 8.88. The Kier molecular flexibility index (Phi) is 5.24. The highest BCUT2D eigenvalue weighted by Gasteiger charge is 2.00. The molecular formula is C16H21NO2. The molecule has 3 heteroatoms. The van der Waals surface area contributed by atoms with Crippen LogP contribution in [0.1, 0.15) is 30.9 Å². The molecule has 0 atom stereocenters. The number of nitrogen functional groups attached to an aromatic ring is 1. The minimum atomic E-state index is 0.213. The number of nitrogens with two attached hydrogens (primary N) is 1. The molecule has 2 aromatic carbocycles. The van der Waals surface area contributed by atoms with E-state index >= 15 is 0 Å². The Morgan fingerprint density at radius 3 is 2.05 bits per heavy atom. The Labute approximate surface area is 114 Å². The fourth-order valence-electron chi connectivity index (χ4n) is 1.65. The molecule has 102 valence electrons. The van der Waals surface area contributed by atoms with Crippen LogP contribution < -0.4 is 5.73 Å². The third kappa shape index (κ3) is 5.34. The van der Waals surface area contributed by atoms with Gasteiger partial charge < -0.3 is 15.9 Å². The van der Waals surface area contributed by atoms with Gasteiger partial charge in [-0.1, -0.05) is 26.0 Å². The fourth-order valence-corrected chi connectivity index (χ4v) is 1.65. The van der Waals surface area contributed by atoms with Crippen molar-refractivity contribution in [3.8, 4) is 11.5 Å². The lowest BCUT2D eigenvalue weighted by molar-refractivity contribution is 0.473. The maximum absolute atomic E-state index is 9.24. The molecule has 0 bridgehead atoms. The normalized spacial score (nSPS) is 9.89. The van der Waals surface area contributed by atoms with E-state index in [0.29, 0.717) is 17.4 Å². The van der Waals surface area contributed by atoms with Crippen molar-refractivity contribution in [2.45, 2.75) is 26.7 Å². The van der Waals surface area contributed by atoms with Crippen molar-refractivity contribution in [1.82, 2.24) is 0 Å². The third-order valence-electron chi connectivity index (χ3n) is 2.62. The predicted molar refractivity (Wildman–Crippen MR) is 79.5 cm³/mol. The van der Waals surface area contributed by atoms with E-state index in [-0.39, 0.29) is 5.75 Å². The Balaban J connectivity index is 0.000000200. The zero-order chi connectivity index (χ0) is 14.4. The Bertz CT molecular complexity index is 499. The molecule has 0 aliphatic rings. The van der Waals surface area contributed by atoms with Gasteiger partial charge in [-0.05, 0) is 48.2 Å². The van der Waals surface area contributed by atoms with Crippen molar-refractivity contribution >= 4 is 5.69 Å². The molecule has 0 aliphatic heterocycles. The van der Waals surface area contributed by atoms with Crippen molar-refractivity contribution < 1.29 is 10.2 Å². The first-order valence-corrected chi connectivity index (χ1v) is 6.23. The van der Waals surface area contributed by atoms with Gasteiger partial charge in [0.05, 0.1) is 0 Å². The summed E-state index contributed by atoms with van der Waals surface area (Å²) in [7, 11) is 0. The largest absolute Gasteiger partial charge is 0.508 e. The molecule has 0 radical (unpaired) electrons. The number of rotatable bonds is 1. The van der Waals surface area contributed by atoms with Crippen LogP contribution in [0.4, 0.5) is 5.69 Å². The molecule has 0 fully saturated rings. The van der Waals surface area contributed by atoms with Gasteiger partial charge in [-0.2, -0.15) is 0 Å². The monoisotopic (exact) mass is 259 g/mol. The van der Waals surface area contributed by atoms with Gasteiger partial charge in [-0.3, -0.25) is 0 Å². The molecule has 0 spiro atoms. The molecule has 0 saturated heterocycles. The summed E-state index contributed by atoms with van der Waals surface area (Å²) in [6, 6.07) is 12.2. The SMILES string of the molecule is Cc1cc(O)cc(C(C)C)c1.Nc1cccc(O)c1. The molecule has 4 N–H and O–H groups in total. The van der Waals surface area contributed by atoms with Crippen molar-refractivity contribution in [3.63, 3.8) is 0 Å². The molecule has 0 heterocycles. The van der Waals surface area contributed by atoms with Crippen LogP contribution in [-0.2, 0) is 0 Å². The van der Waals surface area contributed by atoms with E-state index in [0.717, 1.165) is 5.56 Å². The highest BCUT2D eigenvalue weighted by atomic mass is 16.3. The van der Waals surface area contributed by atoms with Gasteiger partial charge in [0.2, 0.25) is 0 Å². The topological polar surface area (TPSA) is 66.5 Å². The predicted octanol–water partition coefficient (Wildman–Crippen LogP) is 3.80. The maximum atomic E-state index is 9.24. The van der Waals surface area contributed by atoms with Crippen LogP contribution in [0.2, 0.25) is 0 Å². The summed E-state index contributed by atoms with van der Waals surface area (Å²) in [5.41, 5.74) is 8.20. The Morgan fingerprint density at radius 2 is 1.63 bits per heavy atom. The molecule has 3 nitrogen and oxygen atoms in total. The molecule has 0 aliphatic carbocycles. The zero-order valence-electron chi connectivity index (χ0n) is 11.6. The van der Waals surface area contributed by atoms with E-state index in [9.17, 15) is 5.11 Å². The van der Waals surface area contributed by atoms with Gasteiger partial charge in [-0.15, -0.1) is 0 Å².